The van der Waals surface area contributed by atoms with Crippen molar-refractivity contribution in [1.82, 2.24) is 4.90 Å². The maximum atomic E-state index is 11.2. The van der Waals surface area contributed by atoms with Gasteiger partial charge in [-0.2, -0.15) is 0 Å². The number of carbonyl (C=O) groups is 1. The van der Waals surface area contributed by atoms with Gasteiger partial charge >= 0.3 is 5.97 Å². The Balaban J connectivity index is 1.92. The molecule has 0 radical (unpaired) electrons. The minimum absolute atomic E-state index is 0.344. The van der Waals surface area contributed by atoms with Crippen molar-refractivity contribution in [3.8, 4) is 0 Å². The monoisotopic (exact) mass is 211 g/mol. The molecule has 2 rings (SSSR count). The molecule has 2 fully saturated rings. The predicted molar refractivity (Wildman–Crippen MR) is 58.8 cm³/mol. The van der Waals surface area contributed by atoms with Gasteiger partial charge in [-0.3, -0.25) is 4.79 Å². The highest BCUT2D eigenvalue weighted by Crippen LogP contribution is 2.47. The first-order valence-corrected chi connectivity index (χ1v) is 6.04. The van der Waals surface area contributed by atoms with Crippen LogP contribution < -0.4 is 0 Å². The number of piperidine rings is 1. The Hall–Kier alpha value is -0.570. The number of carboxylic acid groups (broad SMARTS) is 1. The van der Waals surface area contributed by atoms with Crippen LogP contribution in [0.3, 0.4) is 0 Å². The molecule has 0 bridgehead atoms. The Labute approximate surface area is 91.5 Å². The molecule has 1 aliphatic heterocycles. The van der Waals surface area contributed by atoms with E-state index in [9.17, 15) is 9.90 Å². The van der Waals surface area contributed by atoms with Crippen LogP contribution >= 0.6 is 0 Å². The molecule has 0 aromatic rings. The van der Waals surface area contributed by atoms with Crippen molar-refractivity contribution in [3.63, 3.8) is 0 Å². The summed E-state index contributed by atoms with van der Waals surface area (Å²) in [4.78, 5) is 13.6. The minimum atomic E-state index is -0.554. The van der Waals surface area contributed by atoms with Crippen molar-refractivity contribution >= 4 is 5.97 Å². The van der Waals surface area contributed by atoms with Gasteiger partial charge in [0.05, 0.1) is 5.41 Å². The fourth-order valence-electron chi connectivity index (χ4n) is 3.10. The number of hydrogen-bond donors (Lipinski definition) is 1. The number of carboxylic acids is 1. The van der Waals surface area contributed by atoms with Crippen LogP contribution in [0.25, 0.3) is 0 Å². The van der Waals surface area contributed by atoms with Crippen molar-refractivity contribution in [2.75, 3.05) is 20.1 Å². The molecule has 1 atom stereocenters. The van der Waals surface area contributed by atoms with Crippen molar-refractivity contribution in [1.29, 1.82) is 0 Å². The normalized spacial score (nSPS) is 30.9. The smallest absolute Gasteiger partial charge is 0.309 e. The van der Waals surface area contributed by atoms with Crippen LogP contribution in [0.2, 0.25) is 0 Å². The molecule has 2 aliphatic rings. The highest BCUT2D eigenvalue weighted by Gasteiger charge is 2.45. The molecular weight excluding hydrogens is 190 g/mol. The van der Waals surface area contributed by atoms with Crippen LogP contribution in [0.1, 0.15) is 38.5 Å². The fourth-order valence-corrected chi connectivity index (χ4v) is 3.10. The molecule has 1 heterocycles. The van der Waals surface area contributed by atoms with Gasteiger partial charge in [-0.05, 0) is 51.6 Å². The Morgan fingerprint density at radius 3 is 2.67 bits per heavy atom. The molecule has 1 saturated heterocycles. The first-order chi connectivity index (χ1) is 7.12. The number of rotatable bonds is 3. The Kier molecular flexibility index (Phi) is 3.01. The Morgan fingerprint density at radius 2 is 2.20 bits per heavy atom. The summed E-state index contributed by atoms with van der Waals surface area (Å²) in [7, 11) is 2.14. The highest BCUT2D eigenvalue weighted by atomic mass is 16.4. The van der Waals surface area contributed by atoms with Gasteiger partial charge in [0.15, 0.2) is 0 Å². The molecule has 1 aliphatic carbocycles. The summed E-state index contributed by atoms with van der Waals surface area (Å²) in [5.74, 6) is 0.0575. The van der Waals surface area contributed by atoms with E-state index in [1.54, 1.807) is 0 Å². The van der Waals surface area contributed by atoms with Gasteiger partial charge in [-0.25, -0.2) is 0 Å². The first-order valence-electron chi connectivity index (χ1n) is 6.04. The molecule has 0 aromatic heterocycles. The second-order valence-corrected chi connectivity index (χ2v) is 5.41. The van der Waals surface area contributed by atoms with Gasteiger partial charge in [0.25, 0.3) is 0 Å². The van der Waals surface area contributed by atoms with Crippen LogP contribution in [-0.4, -0.2) is 36.1 Å². The third-order valence-corrected chi connectivity index (χ3v) is 4.17. The molecule has 86 valence electrons. The van der Waals surface area contributed by atoms with Crippen LogP contribution in [0.4, 0.5) is 0 Å². The Bertz CT molecular complexity index is 248. The van der Waals surface area contributed by atoms with Crippen molar-refractivity contribution in [2.24, 2.45) is 11.3 Å². The number of aliphatic carboxylic acids is 1. The molecule has 0 amide bonds. The number of hydrogen-bond acceptors (Lipinski definition) is 2. The lowest BCUT2D eigenvalue weighted by molar-refractivity contribution is -0.156. The lowest BCUT2D eigenvalue weighted by Gasteiger charge is -2.42. The summed E-state index contributed by atoms with van der Waals surface area (Å²) in [5, 5.41) is 9.27. The summed E-state index contributed by atoms with van der Waals surface area (Å²) < 4.78 is 0. The molecular formula is C12H21NO2. The van der Waals surface area contributed by atoms with E-state index in [1.165, 1.54) is 19.4 Å². The zero-order chi connectivity index (χ0) is 10.9. The zero-order valence-electron chi connectivity index (χ0n) is 9.54. The molecule has 1 saturated carbocycles. The molecule has 3 nitrogen and oxygen atoms in total. The molecule has 3 heteroatoms. The first kappa shape index (κ1) is 10.9. The average Bonchev–Trinajstić information content (AvgIpc) is 2.11. The summed E-state index contributed by atoms with van der Waals surface area (Å²) in [6.45, 7) is 2.27. The van der Waals surface area contributed by atoms with E-state index >= 15 is 0 Å². The number of nitrogens with zero attached hydrogens (tertiary/aromatic N) is 1. The number of likely N-dealkylation sites (tertiary alicyclic amines) is 1. The van der Waals surface area contributed by atoms with E-state index in [2.05, 4.69) is 11.9 Å². The van der Waals surface area contributed by atoms with Gasteiger partial charge in [0.2, 0.25) is 0 Å². The summed E-state index contributed by atoms with van der Waals surface area (Å²) in [6, 6.07) is 0. The summed E-state index contributed by atoms with van der Waals surface area (Å²) in [5.41, 5.74) is -0.344. The lowest BCUT2D eigenvalue weighted by atomic mass is 9.63. The largest absolute Gasteiger partial charge is 0.481 e. The third kappa shape index (κ3) is 2.17. The standard InChI is InChI=1S/C12H21NO2/c1-13-7-2-4-10(9-13)8-12(11(14)15)5-3-6-12/h10H,2-9H2,1H3,(H,14,15). The van der Waals surface area contributed by atoms with Crippen LogP contribution in [0, 0.1) is 11.3 Å². The maximum Gasteiger partial charge on any atom is 0.309 e. The quantitative estimate of drug-likeness (QED) is 0.776. The summed E-state index contributed by atoms with van der Waals surface area (Å²) in [6.07, 6.45) is 6.28. The van der Waals surface area contributed by atoms with E-state index in [0.29, 0.717) is 5.92 Å². The predicted octanol–water partition coefficient (Wildman–Crippen LogP) is 1.97. The maximum absolute atomic E-state index is 11.2. The second-order valence-electron chi connectivity index (χ2n) is 5.41. The van der Waals surface area contributed by atoms with E-state index < -0.39 is 5.97 Å². The molecule has 1 N–H and O–H groups in total. The Morgan fingerprint density at radius 1 is 1.47 bits per heavy atom. The van der Waals surface area contributed by atoms with Crippen LogP contribution in [-0.2, 0) is 4.79 Å². The van der Waals surface area contributed by atoms with Crippen molar-refractivity contribution < 1.29 is 9.90 Å². The van der Waals surface area contributed by atoms with Crippen LogP contribution in [0.15, 0.2) is 0 Å². The fraction of sp³-hybridized carbons (Fsp3) is 0.917. The molecule has 0 spiro atoms. The van der Waals surface area contributed by atoms with Gasteiger partial charge in [0, 0.05) is 6.54 Å². The van der Waals surface area contributed by atoms with Gasteiger partial charge in [0.1, 0.15) is 0 Å². The van der Waals surface area contributed by atoms with Crippen molar-refractivity contribution in [2.45, 2.75) is 38.5 Å². The zero-order valence-corrected chi connectivity index (χ0v) is 9.54. The van der Waals surface area contributed by atoms with Gasteiger partial charge in [-0.15, -0.1) is 0 Å². The lowest BCUT2D eigenvalue weighted by Crippen LogP contribution is -2.43. The van der Waals surface area contributed by atoms with E-state index in [1.807, 2.05) is 0 Å². The van der Waals surface area contributed by atoms with Gasteiger partial charge in [-0.1, -0.05) is 6.42 Å². The minimum Gasteiger partial charge on any atom is -0.481 e. The third-order valence-electron chi connectivity index (χ3n) is 4.17. The average molecular weight is 211 g/mol. The van der Waals surface area contributed by atoms with Crippen molar-refractivity contribution in [3.05, 3.63) is 0 Å². The van der Waals surface area contributed by atoms with Crippen LogP contribution in [0.5, 0.6) is 0 Å². The topological polar surface area (TPSA) is 40.5 Å². The molecule has 15 heavy (non-hydrogen) atoms. The SMILES string of the molecule is CN1CCCC(CC2(C(=O)O)CCC2)C1. The second kappa shape index (κ2) is 4.12. The van der Waals surface area contributed by atoms with Gasteiger partial charge < -0.3 is 10.0 Å². The molecule has 1 unspecified atom stereocenters. The van der Waals surface area contributed by atoms with E-state index in [0.717, 1.165) is 32.2 Å². The molecule has 0 aromatic carbocycles. The highest BCUT2D eigenvalue weighted by molar-refractivity contribution is 5.75. The summed E-state index contributed by atoms with van der Waals surface area (Å²) >= 11 is 0. The van der Waals surface area contributed by atoms with E-state index in [4.69, 9.17) is 0 Å². The van der Waals surface area contributed by atoms with E-state index in [-0.39, 0.29) is 5.41 Å².